The topological polar surface area (TPSA) is 67.3 Å². The molecule has 4 rings (SSSR count). The number of rotatable bonds is 3. The number of hydrogen-bond acceptors (Lipinski definition) is 5. The maximum Gasteiger partial charge on any atom is 0.269 e. The number of thiazole rings is 1. The fourth-order valence-corrected chi connectivity index (χ4v) is 5.12. The van der Waals surface area contributed by atoms with E-state index in [1.807, 2.05) is 12.1 Å². The smallest absolute Gasteiger partial charge is 0.268 e. The van der Waals surface area contributed by atoms with Gasteiger partial charge in [0.1, 0.15) is 9.90 Å². The summed E-state index contributed by atoms with van der Waals surface area (Å²) in [6.07, 6.45) is 0. The first-order valence-electron chi connectivity index (χ1n) is 7.33. The van der Waals surface area contributed by atoms with Crippen molar-refractivity contribution in [3.05, 3.63) is 70.2 Å². The first-order valence-corrected chi connectivity index (χ1v) is 10.0. The highest BCUT2D eigenvalue weighted by Crippen LogP contribution is 2.32. The third kappa shape index (κ3) is 2.74. The van der Waals surface area contributed by atoms with Crippen molar-refractivity contribution in [2.75, 3.05) is 0 Å². The summed E-state index contributed by atoms with van der Waals surface area (Å²) in [6.45, 7) is -0.0834. The lowest BCUT2D eigenvalue weighted by molar-refractivity contribution is 0.0864. The highest BCUT2D eigenvalue weighted by atomic mass is 35.5. The molecule has 3 aromatic rings. The van der Waals surface area contributed by atoms with Crippen LogP contribution >= 0.6 is 22.9 Å². The van der Waals surface area contributed by atoms with Crippen molar-refractivity contribution in [3.8, 4) is 10.6 Å². The van der Waals surface area contributed by atoms with Gasteiger partial charge in [0.15, 0.2) is 0 Å². The third-order valence-electron chi connectivity index (χ3n) is 3.86. The summed E-state index contributed by atoms with van der Waals surface area (Å²) >= 11 is 7.27. The van der Waals surface area contributed by atoms with E-state index in [4.69, 9.17) is 11.6 Å². The van der Waals surface area contributed by atoms with Gasteiger partial charge in [-0.1, -0.05) is 35.9 Å². The summed E-state index contributed by atoms with van der Waals surface area (Å²) in [5.41, 5.74) is 1.62. The van der Waals surface area contributed by atoms with Crippen LogP contribution in [0, 0.1) is 0 Å². The van der Waals surface area contributed by atoms with Crippen LogP contribution in [0.4, 0.5) is 0 Å². The molecule has 0 N–H and O–H groups in total. The molecule has 0 atom stereocenters. The summed E-state index contributed by atoms with van der Waals surface area (Å²) in [4.78, 5) is 16.9. The number of hydrogen-bond donors (Lipinski definition) is 0. The van der Waals surface area contributed by atoms with E-state index in [9.17, 15) is 13.2 Å². The summed E-state index contributed by atoms with van der Waals surface area (Å²) in [6, 6.07) is 13.5. The molecule has 1 aliphatic rings. The zero-order chi connectivity index (χ0) is 17.6. The Bertz CT molecular complexity index is 1080. The Kier molecular flexibility index (Phi) is 3.87. The number of sulfonamides is 1. The molecule has 0 bridgehead atoms. The van der Waals surface area contributed by atoms with Crippen molar-refractivity contribution in [2.45, 2.75) is 11.4 Å². The largest absolute Gasteiger partial charge is 0.269 e. The van der Waals surface area contributed by atoms with Crippen LogP contribution < -0.4 is 0 Å². The van der Waals surface area contributed by atoms with Crippen LogP contribution in [0.2, 0.25) is 5.02 Å². The number of halogens is 1. The van der Waals surface area contributed by atoms with Crippen molar-refractivity contribution in [3.63, 3.8) is 0 Å². The Labute approximate surface area is 153 Å². The van der Waals surface area contributed by atoms with E-state index < -0.39 is 15.9 Å². The van der Waals surface area contributed by atoms with E-state index in [1.54, 1.807) is 29.6 Å². The van der Waals surface area contributed by atoms with Gasteiger partial charge in [0, 0.05) is 16.0 Å². The second-order valence-corrected chi connectivity index (χ2v) is 8.59. The Balaban J connectivity index is 1.64. The van der Waals surface area contributed by atoms with Crippen molar-refractivity contribution < 1.29 is 13.2 Å². The van der Waals surface area contributed by atoms with E-state index in [0.717, 1.165) is 14.9 Å². The predicted octanol–water partition coefficient (Wildman–Crippen LogP) is 3.81. The molecule has 1 aliphatic heterocycles. The Morgan fingerprint density at radius 2 is 1.80 bits per heavy atom. The molecule has 1 amide bonds. The zero-order valence-electron chi connectivity index (χ0n) is 12.7. The second kappa shape index (κ2) is 5.94. The van der Waals surface area contributed by atoms with Gasteiger partial charge < -0.3 is 0 Å². The lowest BCUT2D eigenvalue weighted by Crippen LogP contribution is -2.29. The molecule has 0 spiro atoms. The summed E-state index contributed by atoms with van der Waals surface area (Å²) < 4.78 is 26.0. The maximum absolute atomic E-state index is 12.6. The van der Waals surface area contributed by atoms with Gasteiger partial charge >= 0.3 is 0 Å². The molecule has 0 aliphatic carbocycles. The molecule has 1 aromatic heterocycles. The van der Waals surface area contributed by atoms with Gasteiger partial charge in [0.25, 0.3) is 15.9 Å². The van der Waals surface area contributed by atoms with Crippen molar-refractivity contribution in [1.29, 1.82) is 0 Å². The molecular formula is C17H11ClN2O3S2. The first-order chi connectivity index (χ1) is 12.0. The average molecular weight is 391 g/mol. The maximum atomic E-state index is 12.6. The number of amides is 1. The minimum atomic E-state index is -3.82. The number of aromatic nitrogens is 1. The molecule has 2 aromatic carbocycles. The van der Waals surface area contributed by atoms with E-state index >= 15 is 0 Å². The Morgan fingerprint density at radius 1 is 1.08 bits per heavy atom. The highest BCUT2D eigenvalue weighted by Gasteiger charge is 2.41. The number of fused-ring (bicyclic) bond motifs is 1. The zero-order valence-corrected chi connectivity index (χ0v) is 15.1. The fourth-order valence-electron chi connectivity index (χ4n) is 2.64. The molecule has 0 saturated carbocycles. The lowest BCUT2D eigenvalue weighted by Gasteiger charge is -2.13. The summed E-state index contributed by atoms with van der Waals surface area (Å²) in [5, 5.41) is 3.13. The highest BCUT2D eigenvalue weighted by molar-refractivity contribution is 7.90. The van der Waals surface area contributed by atoms with E-state index in [2.05, 4.69) is 4.98 Å². The van der Waals surface area contributed by atoms with Crippen LogP contribution in [-0.4, -0.2) is 23.6 Å². The summed E-state index contributed by atoms with van der Waals surface area (Å²) in [5.74, 6) is -0.517. The SMILES string of the molecule is O=C1c2ccccc2S(=O)(=O)N1Cc1csc(-c2ccc(Cl)cc2)n1. The predicted molar refractivity (Wildman–Crippen MR) is 96.1 cm³/mol. The van der Waals surface area contributed by atoms with Crippen molar-refractivity contribution >= 4 is 38.9 Å². The van der Waals surface area contributed by atoms with Gasteiger partial charge in [-0.25, -0.2) is 17.7 Å². The van der Waals surface area contributed by atoms with Crippen molar-refractivity contribution in [2.24, 2.45) is 0 Å². The molecule has 0 radical (unpaired) electrons. The second-order valence-electron chi connectivity index (χ2n) is 5.46. The van der Waals surface area contributed by atoms with Gasteiger partial charge in [-0.15, -0.1) is 11.3 Å². The molecule has 0 fully saturated rings. The Hall–Kier alpha value is -2.22. The van der Waals surface area contributed by atoms with Crippen LogP contribution in [0.5, 0.6) is 0 Å². The third-order valence-corrected chi connectivity index (χ3v) is 6.84. The molecule has 0 unspecified atom stereocenters. The molecule has 25 heavy (non-hydrogen) atoms. The molecule has 2 heterocycles. The minimum Gasteiger partial charge on any atom is -0.268 e. The quantitative estimate of drug-likeness (QED) is 0.682. The molecule has 8 heteroatoms. The molecular weight excluding hydrogens is 380 g/mol. The van der Waals surface area contributed by atoms with Crippen LogP contribution in [0.15, 0.2) is 58.8 Å². The Morgan fingerprint density at radius 3 is 2.52 bits per heavy atom. The molecule has 0 saturated heterocycles. The van der Waals surface area contributed by atoms with Gasteiger partial charge in [-0.2, -0.15) is 0 Å². The monoisotopic (exact) mass is 390 g/mol. The van der Waals surface area contributed by atoms with Crippen LogP contribution in [0.1, 0.15) is 16.1 Å². The molecule has 5 nitrogen and oxygen atoms in total. The van der Waals surface area contributed by atoms with Crippen LogP contribution in [0.25, 0.3) is 10.6 Å². The van der Waals surface area contributed by atoms with Gasteiger partial charge in [-0.3, -0.25) is 4.79 Å². The van der Waals surface area contributed by atoms with Crippen molar-refractivity contribution in [1.82, 2.24) is 9.29 Å². The van der Waals surface area contributed by atoms with Gasteiger partial charge in [0.2, 0.25) is 0 Å². The van der Waals surface area contributed by atoms with Crippen LogP contribution in [-0.2, 0) is 16.6 Å². The number of carbonyl (C=O) groups excluding carboxylic acids is 1. The van der Waals surface area contributed by atoms with E-state index in [1.165, 1.54) is 23.5 Å². The van der Waals surface area contributed by atoms with E-state index in [0.29, 0.717) is 10.7 Å². The normalized spacial score (nSPS) is 15.4. The fraction of sp³-hybridized carbons (Fsp3) is 0.0588. The van der Waals surface area contributed by atoms with E-state index in [-0.39, 0.29) is 17.0 Å². The number of nitrogens with zero attached hydrogens (tertiary/aromatic N) is 2. The van der Waals surface area contributed by atoms with Crippen LogP contribution in [0.3, 0.4) is 0 Å². The summed E-state index contributed by atoms with van der Waals surface area (Å²) in [7, 11) is -3.82. The lowest BCUT2D eigenvalue weighted by atomic mass is 10.2. The van der Waals surface area contributed by atoms with Gasteiger partial charge in [0.05, 0.1) is 17.8 Å². The average Bonchev–Trinajstić information content (AvgIpc) is 3.14. The first kappa shape index (κ1) is 16.3. The number of carbonyl (C=O) groups is 1. The number of benzene rings is 2. The standard InChI is InChI=1S/C17H11ClN2O3S2/c18-12-7-5-11(6-8-12)16-19-13(10-24-16)9-20-17(21)14-3-1-2-4-15(14)25(20,22)23/h1-8,10H,9H2. The van der Waals surface area contributed by atoms with Gasteiger partial charge in [-0.05, 0) is 24.3 Å². The minimum absolute atomic E-state index is 0.0492. The molecule has 126 valence electrons.